The summed E-state index contributed by atoms with van der Waals surface area (Å²) in [6.45, 7) is 0. The zero-order chi connectivity index (χ0) is 14.9. The molecule has 0 atom stereocenters. The Balaban J connectivity index is 2.17. The highest BCUT2D eigenvalue weighted by Gasteiger charge is 2.26. The lowest BCUT2D eigenvalue weighted by molar-refractivity contribution is 0.100. The second-order valence-corrected chi connectivity index (χ2v) is 7.97. The molecule has 9 heteroatoms. The molecule has 0 radical (unpaired) electrons. The number of carbonyl (C=O) groups is 1. The van der Waals surface area contributed by atoms with Gasteiger partial charge in [0.2, 0.25) is 0 Å². The molecule has 0 aliphatic carbocycles. The van der Waals surface area contributed by atoms with E-state index in [2.05, 4.69) is 5.32 Å². The molecule has 1 aliphatic rings. The van der Waals surface area contributed by atoms with Crippen LogP contribution in [0.15, 0.2) is 0 Å². The molecule has 0 bridgehead atoms. The molecular formula is C11H17N3O4S2. The van der Waals surface area contributed by atoms with E-state index in [4.69, 9.17) is 16.2 Å². The maximum Gasteiger partial charge on any atom is 0.261 e. The number of anilines is 2. The molecule has 7 nitrogen and oxygen atoms in total. The van der Waals surface area contributed by atoms with E-state index in [0.717, 1.165) is 11.3 Å². The van der Waals surface area contributed by atoms with Gasteiger partial charge in [-0.25, -0.2) is 8.42 Å². The Labute approximate surface area is 121 Å². The number of ether oxygens (including phenoxy) is 1. The minimum atomic E-state index is -2.91. The summed E-state index contributed by atoms with van der Waals surface area (Å²) in [6.07, 6.45) is 1.05. The summed E-state index contributed by atoms with van der Waals surface area (Å²) < 4.78 is 28.0. The Kier molecular flexibility index (Phi) is 4.09. The van der Waals surface area contributed by atoms with Gasteiger partial charge in [-0.15, -0.1) is 11.3 Å². The van der Waals surface area contributed by atoms with Crippen molar-refractivity contribution in [1.29, 1.82) is 0 Å². The fraction of sp³-hybridized carbons (Fsp3) is 0.545. The molecule has 1 aromatic heterocycles. The van der Waals surface area contributed by atoms with E-state index in [-0.39, 0.29) is 28.1 Å². The lowest BCUT2D eigenvalue weighted by Crippen LogP contribution is -2.31. The smallest absolute Gasteiger partial charge is 0.261 e. The van der Waals surface area contributed by atoms with Gasteiger partial charge in [0.25, 0.3) is 5.91 Å². The molecule has 1 amide bonds. The first-order chi connectivity index (χ1) is 9.34. The molecule has 0 spiro atoms. The third-order valence-corrected chi connectivity index (χ3v) is 6.07. The van der Waals surface area contributed by atoms with Gasteiger partial charge in [-0.1, -0.05) is 0 Å². The second kappa shape index (κ2) is 5.49. The molecule has 2 heterocycles. The molecule has 5 N–H and O–H groups in total. The van der Waals surface area contributed by atoms with E-state index in [1.165, 1.54) is 7.11 Å². The fourth-order valence-electron chi connectivity index (χ4n) is 2.13. The molecule has 1 aromatic rings. The minimum absolute atomic E-state index is 0.0196. The summed E-state index contributed by atoms with van der Waals surface area (Å²) in [7, 11) is -1.45. The summed E-state index contributed by atoms with van der Waals surface area (Å²) in [5.74, 6) is 0.106. The summed E-state index contributed by atoms with van der Waals surface area (Å²) in [6, 6.07) is 0.0196. The van der Waals surface area contributed by atoms with Gasteiger partial charge in [0.15, 0.2) is 5.75 Å². The third-order valence-electron chi connectivity index (χ3n) is 3.22. The number of hydrogen-bond acceptors (Lipinski definition) is 7. The highest BCUT2D eigenvalue weighted by atomic mass is 32.2. The minimum Gasteiger partial charge on any atom is -0.492 e. The van der Waals surface area contributed by atoms with Crippen LogP contribution < -0.4 is 21.5 Å². The number of nitrogen functional groups attached to an aromatic ring is 1. The Morgan fingerprint density at radius 3 is 2.50 bits per heavy atom. The van der Waals surface area contributed by atoms with Crippen molar-refractivity contribution in [3.8, 4) is 5.75 Å². The quantitative estimate of drug-likeness (QED) is 0.739. The molecule has 1 fully saturated rings. The first-order valence-corrected chi connectivity index (χ1v) is 8.71. The number of thiophene rings is 1. The number of amides is 1. The van der Waals surface area contributed by atoms with Crippen molar-refractivity contribution in [2.24, 2.45) is 5.73 Å². The Morgan fingerprint density at radius 1 is 1.40 bits per heavy atom. The van der Waals surface area contributed by atoms with Crippen LogP contribution in [-0.4, -0.2) is 39.0 Å². The number of sulfone groups is 1. The van der Waals surface area contributed by atoms with Crippen molar-refractivity contribution in [2.75, 3.05) is 29.7 Å². The molecule has 2 rings (SSSR count). The zero-order valence-electron chi connectivity index (χ0n) is 11.0. The van der Waals surface area contributed by atoms with Gasteiger partial charge in [0.05, 0.1) is 18.6 Å². The van der Waals surface area contributed by atoms with Gasteiger partial charge in [0, 0.05) is 6.04 Å². The predicted octanol–water partition coefficient (Wildman–Crippen LogP) is 0.427. The first-order valence-electron chi connectivity index (χ1n) is 6.07. The maximum atomic E-state index is 11.4. The van der Waals surface area contributed by atoms with Gasteiger partial charge in [-0.2, -0.15) is 0 Å². The van der Waals surface area contributed by atoms with E-state index in [1.807, 2.05) is 0 Å². The fourth-order valence-corrected chi connectivity index (χ4v) is 4.64. The first kappa shape index (κ1) is 14.9. The molecule has 1 saturated heterocycles. The van der Waals surface area contributed by atoms with Crippen LogP contribution in [0, 0.1) is 0 Å². The van der Waals surface area contributed by atoms with Crippen molar-refractivity contribution >= 4 is 37.8 Å². The third kappa shape index (κ3) is 2.98. The summed E-state index contributed by atoms with van der Waals surface area (Å²) in [5.41, 5.74) is 11.3. The Bertz CT molecular complexity index is 610. The summed E-state index contributed by atoms with van der Waals surface area (Å²) >= 11 is 1.13. The highest BCUT2D eigenvalue weighted by molar-refractivity contribution is 7.91. The van der Waals surface area contributed by atoms with Crippen molar-refractivity contribution in [3.63, 3.8) is 0 Å². The molecule has 20 heavy (non-hydrogen) atoms. The number of nitrogens with two attached hydrogens (primary N) is 2. The molecule has 0 aromatic carbocycles. The maximum absolute atomic E-state index is 11.4. The number of primary amides is 1. The number of methoxy groups -OCH3 is 1. The largest absolute Gasteiger partial charge is 0.492 e. The average molecular weight is 319 g/mol. The number of carbonyl (C=O) groups excluding carboxylic acids is 1. The van der Waals surface area contributed by atoms with E-state index >= 15 is 0 Å². The van der Waals surface area contributed by atoms with Crippen LogP contribution in [0.4, 0.5) is 10.7 Å². The van der Waals surface area contributed by atoms with Gasteiger partial charge in [0.1, 0.15) is 25.4 Å². The van der Waals surface area contributed by atoms with Crippen LogP contribution >= 0.6 is 11.3 Å². The van der Waals surface area contributed by atoms with E-state index in [0.29, 0.717) is 23.6 Å². The number of hydrogen-bond donors (Lipinski definition) is 3. The zero-order valence-corrected chi connectivity index (χ0v) is 12.6. The average Bonchev–Trinajstić information content (AvgIpc) is 2.68. The standard InChI is InChI=1S/C11H17N3O4S2/c1-18-8-7(12)9(10(13)15)19-11(8)14-6-2-4-20(16,17)5-3-6/h6,14H,2-5,12H2,1H3,(H2,13,15). The van der Waals surface area contributed by atoms with Crippen LogP contribution in [0.3, 0.4) is 0 Å². The van der Waals surface area contributed by atoms with Gasteiger partial charge in [-0.3, -0.25) is 4.79 Å². The van der Waals surface area contributed by atoms with Crippen molar-refractivity contribution in [3.05, 3.63) is 4.88 Å². The molecular weight excluding hydrogens is 302 g/mol. The van der Waals surface area contributed by atoms with Crippen LogP contribution in [0.25, 0.3) is 0 Å². The molecule has 0 saturated carbocycles. The van der Waals surface area contributed by atoms with Crippen molar-refractivity contribution in [1.82, 2.24) is 0 Å². The van der Waals surface area contributed by atoms with Crippen LogP contribution in [-0.2, 0) is 9.84 Å². The summed E-state index contributed by atoms with van der Waals surface area (Å²) in [5, 5.41) is 3.81. The normalized spacial score (nSPS) is 18.6. The van der Waals surface area contributed by atoms with Crippen molar-refractivity contribution < 1.29 is 17.9 Å². The topological polar surface area (TPSA) is 125 Å². The Morgan fingerprint density at radius 2 is 2.00 bits per heavy atom. The number of rotatable bonds is 4. The molecule has 0 unspecified atom stereocenters. The van der Waals surface area contributed by atoms with Gasteiger partial charge < -0.3 is 21.5 Å². The number of nitrogens with one attached hydrogen (secondary N) is 1. The highest BCUT2D eigenvalue weighted by Crippen LogP contribution is 2.43. The lowest BCUT2D eigenvalue weighted by Gasteiger charge is -2.23. The summed E-state index contributed by atoms with van der Waals surface area (Å²) in [4.78, 5) is 11.5. The monoisotopic (exact) mass is 319 g/mol. The van der Waals surface area contributed by atoms with E-state index in [1.54, 1.807) is 0 Å². The van der Waals surface area contributed by atoms with Crippen LogP contribution in [0.1, 0.15) is 22.5 Å². The van der Waals surface area contributed by atoms with Crippen LogP contribution in [0.2, 0.25) is 0 Å². The molecule has 1 aliphatic heterocycles. The molecule has 112 valence electrons. The Hall–Kier alpha value is -1.48. The predicted molar refractivity (Wildman–Crippen MR) is 79.1 cm³/mol. The second-order valence-electron chi connectivity index (χ2n) is 4.64. The van der Waals surface area contributed by atoms with Gasteiger partial charge in [-0.05, 0) is 12.8 Å². The van der Waals surface area contributed by atoms with Gasteiger partial charge >= 0.3 is 0 Å². The SMILES string of the molecule is COc1c(NC2CCS(=O)(=O)CC2)sc(C(N)=O)c1N. The van der Waals surface area contributed by atoms with E-state index in [9.17, 15) is 13.2 Å². The van der Waals surface area contributed by atoms with Crippen molar-refractivity contribution in [2.45, 2.75) is 18.9 Å². The van der Waals surface area contributed by atoms with Crippen LogP contribution in [0.5, 0.6) is 5.75 Å². The van der Waals surface area contributed by atoms with E-state index < -0.39 is 15.7 Å². The lowest BCUT2D eigenvalue weighted by atomic mass is 10.1.